The Bertz CT molecular complexity index is 3110. The first kappa shape index (κ1) is 69.3. The number of rotatable bonds is 31. The summed E-state index contributed by atoms with van der Waals surface area (Å²) < 4.78 is 48.0. The lowest BCUT2D eigenvalue weighted by molar-refractivity contribution is -0.870. The molecule has 2 aliphatic carbocycles. The molecule has 440 valence electrons. The minimum atomic E-state index is -4.74. The number of aliphatic carboxylic acids is 1. The van der Waals surface area contributed by atoms with Crippen molar-refractivity contribution in [3.8, 4) is 118 Å². The fourth-order valence-electron chi connectivity index (χ4n) is 7.71. The summed E-state index contributed by atoms with van der Waals surface area (Å²) in [6.45, 7) is 9.31. The third-order valence-electron chi connectivity index (χ3n) is 12.0. The van der Waals surface area contributed by atoms with E-state index in [9.17, 15) is 33.4 Å². The number of unbranched alkanes of at least 4 members (excludes halogenated alkanes) is 2. The van der Waals surface area contributed by atoms with Crippen LogP contribution < -0.4 is 16.0 Å². The molecule has 1 aromatic heterocycles. The number of phosphoric acid groups is 1. The Kier molecular flexibility index (Phi) is 32.3. The predicted molar refractivity (Wildman–Crippen MR) is 306 cm³/mol. The van der Waals surface area contributed by atoms with E-state index in [1.807, 2.05) is 46.6 Å². The van der Waals surface area contributed by atoms with Gasteiger partial charge in [0.1, 0.15) is 25.2 Å². The largest absolute Gasteiger partial charge is 0.481 e. The highest BCUT2D eigenvalue weighted by atomic mass is 31.2. The highest BCUT2D eigenvalue weighted by molar-refractivity contribution is 7.47. The molecule has 1 heterocycles. The van der Waals surface area contributed by atoms with Crippen LogP contribution in [0.5, 0.6) is 0 Å². The van der Waals surface area contributed by atoms with Gasteiger partial charge in [0.2, 0.25) is 11.8 Å². The number of ether oxygens (including phenoxy) is 4. The number of quaternary nitrogens is 1. The van der Waals surface area contributed by atoms with Crippen molar-refractivity contribution >= 4 is 37.5 Å². The molecule has 1 aromatic rings. The summed E-state index contributed by atoms with van der Waals surface area (Å²) in [7, 11) is 0.787. The van der Waals surface area contributed by atoms with Gasteiger partial charge in [0.25, 0.3) is 5.91 Å². The van der Waals surface area contributed by atoms with E-state index in [4.69, 9.17) is 33.1 Å². The van der Waals surface area contributed by atoms with Crippen LogP contribution in [-0.4, -0.2) is 165 Å². The quantitative estimate of drug-likeness (QED) is 0.0233. The molecule has 0 aliphatic heterocycles. The lowest BCUT2D eigenvalue weighted by Gasteiger charge is -2.25. The Hall–Kier alpha value is -7.96. The lowest BCUT2D eigenvalue weighted by atomic mass is 9.97. The highest BCUT2D eigenvalue weighted by Gasteiger charge is 2.50. The van der Waals surface area contributed by atoms with Gasteiger partial charge in [-0.05, 0) is 179 Å². The molecule has 21 nitrogen and oxygen atoms in total. The lowest BCUT2D eigenvalue weighted by Crippen LogP contribution is -2.55. The predicted octanol–water partition coefficient (Wildman–Crippen LogP) is 1.67. The zero-order chi connectivity index (χ0) is 60.8. The number of carbonyl (C=O) groups excluding carboxylic acids is 4. The van der Waals surface area contributed by atoms with Crippen LogP contribution in [0.2, 0.25) is 0 Å². The second-order valence-electron chi connectivity index (χ2n) is 20.6. The maximum atomic E-state index is 13.8. The summed E-state index contributed by atoms with van der Waals surface area (Å²) in [6.07, 6.45) is 4.79. The number of carbonyl (C=O) groups is 5. The van der Waals surface area contributed by atoms with Crippen molar-refractivity contribution in [2.24, 2.45) is 23.2 Å². The SMILES string of the molecule is CC#CC#CC#CC#CC#CC#CC#CC#CC#CC#CC(=O)N[C@@H](COP(=O)(O)OCC[N+](C)(C)C)C(=O)N[C@@H](CCCCCC(=O)O)C(=O)NCCOCCOCCOCCn1nnc2c1CC[C@@H]1[C@H](CC2)[C@@H]1COC(=O)C(C)(C)C. The molecule has 5 N–H and O–H groups in total. The van der Waals surface area contributed by atoms with E-state index >= 15 is 0 Å². The summed E-state index contributed by atoms with van der Waals surface area (Å²) in [5.41, 5.74) is 1.64. The standard InChI is InChI=1S/C61H72N7O14P/c1-8-9-10-11-12-13-14-15-16-17-18-19-20-21-22-23-24-25-28-31-56(69)63-54(48-82-83(75,76)81-42-39-68(5,6)7)59(73)64-53(30-27-26-29-32-57(70)71)58(72)62-37-40-77-43-45-79-46-44-78-41-38-67-55-36-34-50-49(33-35-52(55)65-66-67)51(50)47-80-60(74)61(2,3)4/h49-51,53-54H,26-27,29-30,32-48H2,1-7H3,(H4-,62,63,64,69,70,71,72,73,75,76)/p+1/t49-,50+,51-,53-,54-/m0/s1. The molecule has 3 rings (SSSR count). The molecule has 83 heavy (non-hydrogen) atoms. The summed E-state index contributed by atoms with van der Waals surface area (Å²) >= 11 is 0. The van der Waals surface area contributed by atoms with Crippen LogP contribution in [-0.2, 0) is 75.9 Å². The van der Waals surface area contributed by atoms with Crippen molar-refractivity contribution in [1.29, 1.82) is 0 Å². The number of likely N-dealkylation sites (N-methyl/N-ethyl adjacent to an activating group) is 1. The Morgan fingerprint density at radius 2 is 1.25 bits per heavy atom. The number of nitrogens with zero attached hydrogens (tertiary/aromatic N) is 4. The number of fused-ring (bicyclic) bond motifs is 2. The van der Waals surface area contributed by atoms with Gasteiger partial charge < -0.3 is 49.4 Å². The molecule has 3 amide bonds. The van der Waals surface area contributed by atoms with Gasteiger partial charge >= 0.3 is 19.8 Å². The normalized spacial score (nSPS) is 15.6. The van der Waals surface area contributed by atoms with E-state index in [1.165, 1.54) is 0 Å². The molecule has 1 saturated carbocycles. The average Bonchev–Trinajstić information content (AvgIpc) is 2.14. The number of aryl methyl sites for hydroxylation is 1. The van der Waals surface area contributed by atoms with E-state index in [2.05, 4.69) is 145 Å². The minimum absolute atomic E-state index is 0.0488. The Morgan fingerprint density at radius 1 is 0.699 bits per heavy atom. The zero-order valence-corrected chi connectivity index (χ0v) is 49.2. The molecule has 6 atom stereocenters. The average molecular weight is 1160 g/mol. The van der Waals surface area contributed by atoms with Crippen molar-refractivity contribution in [3.63, 3.8) is 0 Å². The van der Waals surface area contributed by atoms with Crippen molar-refractivity contribution in [1.82, 2.24) is 30.9 Å². The van der Waals surface area contributed by atoms with Crippen LogP contribution in [0.25, 0.3) is 0 Å². The number of amides is 3. The van der Waals surface area contributed by atoms with E-state index in [1.54, 1.807) is 6.92 Å². The zero-order valence-electron chi connectivity index (χ0n) is 48.3. The van der Waals surface area contributed by atoms with Gasteiger partial charge in [-0.1, -0.05) is 24.0 Å². The Balaban J connectivity index is 1.48. The van der Waals surface area contributed by atoms with Crippen molar-refractivity contribution in [2.45, 2.75) is 104 Å². The molecule has 0 spiro atoms. The third kappa shape index (κ3) is 31.7. The number of carboxylic acid groups (broad SMARTS) is 1. The molecule has 0 aromatic carbocycles. The van der Waals surface area contributed by atoms with E-state index in [0.717, 1.165) is 37.1 Å². The smallest absolute Gasteiger partial charge is 0.472 e. The Morgan fingerprint density at radius 3 is 1.82 bits per heavy atom. The number of aromatic nitrogens is 3. The van der Waals surface area contributed by atoms with Gasteiger partial charge in [-0.3, -0.25) is 33.0 Å². The monoisotopic (exact) mass is 1160 g/mol. The Labute approximate surface area is 488 Å². The van der Waals surface area contributed by atoms with Gasteiger partial charge in [0.15, 0.2) is 0 Å². The van der Waals surface area contributed by atoms with E-state index < -0.39 is 55.6 Å². The summed E-state index contributed by atoms with van der Waals surface area (Å²) in [5.74, 6) is 46.7. The molecule has 2 aliphatic rings. The van der Waals surface area contributed by atoms with Crippen molar-refractivity contribution in [3.05, 3.63) is 11.4 Å². The van der Waals surface area contributed by atoms with Crippen LogP contribution in [0.3, 0.4) is 0 Å². The van der Waals surface area contributed by atoms with Gasteiger partial charge in [0, 0.05) is 30.7 Å². The number of esters is 1. The molecule has 1 unspecified atom stereocenters. The number of hydrogen-bond donors (Lipinski definition) is 5. The van der Waals surface area contributed by atoms with Crippen LogP contribution in [0.1, 0.15) is 84.0 Å². The van der Waals surface area contributed by atoms with E-state index in [0.29, 0.717) is 81.0 Å². The molecule has 0 radical (unpaired) electrons. The molecular formula is C61H73N7O14P+. The topological polar surface area (TPSA) is 265 Å². The van der Waals surface area contributed by atoms with Crippen molar-refractivity contribution in [2.75, 3.05) is 93.7 Å². The fourth-order valence-corrected chi connectivity index (χ4v) is 8.43. The second-order valence-corrected chi connectivity index (χ2v) is 22.0. The number of hydrogen-bond acceptors (Lipinski definition) is 14. The van der Waals surface area contributed by atoms with Crippen LogP contribution in [0.4, 0.5) is 0 Å². The summed E-state index contributed by atoms with van der Waals surface area (Å²) in [5, 5.41) is 25.5. The maximum absolute atomic E-state index is 13.8. The molecule has 1 fully saturated rings. The van der Waals surface area contributed by atoms with E-state index in [-0.39, 0.29) is 51.8 Å². The summed E-state index contributed by atoms with van der Waals surface area (Å²) in [6, 6.07) is -2.85. The highest BCUT2D eigenvalue weighted by Crippen LogP contribution is 2.53. The molecule has 0 bridgehead atoms. The molecule has 0 saturated heterocycles. The number of carboxylic acids is 1. The minimum Gasteiger partial charge on any atom is -0.481 e. The first-order valence-electron chi connectivity index (χ1n) is 27.0. The van der Waals surface area contributed by atoms with Gasteiger partial charge in [-0.15, -0.1) is 5.10 Å². The van der Waals surface area contributed by atoms with Gasteiger partial charge in [-0.25, -0.2) is 9.25 Å². The van der Waals surface area contributed by atoms with Crippen LogP contribution >= 0.6 is 7.82 Å². The van der Waals surface area contributed by atoms with Crippen molar-refractivity contribution < 1.29 is 71.0 Å². The number of phosphoric ester groups is 1. The first-order chi connectivity index (χ1) is 39.7. The van der Waals surface area contributed by atoms with Crippen LogP contribution in [0.15, 0.2) is 0 Å². The second kappa shape index (κ2) is 38.7. The summed E-state index contributed by atoms with van der Waals surface area (Å²) in [4.78, 5) is 74.0. The van der Waals surface area contributed by atoms with Gasteiger partial charge in [-0.2, -0.15) is 0 Å². The first-order valence-corrected chi connectivity index (χ1v) is 28.5. The maximum Gasteiger partial charge on any atom is 0.472 e. The molecular weight excluding hydrogens is 1090 g/mol. The fraction of sp³-hybridized carbons (Fsp3) is 0.557. The number of nitrogens with one attached hydrogen (secondary N) is 3. The van der Waals surface area contributed by atoms with Gasteiger partial charge in [0.05, 0.1) is 97.3 Å². The third-order valence-corrected chi connectivity index (χ3v) is 13.0. The van der Waals surface area contributed by atoms with Crippen LogP contribution in [0, 0.1) is 142 Å². The molecule has 22 heteroatoms.